The Hall–Kier alpha value is -2.21. The van der Waals surface area contributed by atoms with Gasteiger partial charge in [0, 0.05) is 30.0 Å². The number of hydrogen-bond donors (Lipinski definition) is 1. The molecule has 29 heavy (non-hydrogen) atoms. The van der Waals surface area contributed by atoms with E-state index < -0.39 is 0 Å². The van der Waals surface area contributed by atoms with E-state index in [2.05, 4.69) is 40.7 Å². The van der Waals surface area contributed by atoms with Gasteiger partial charge in [-0.3, -0.25) is 14.5 Å². The van der Waals surface area contributed by atoms with Crippen LogP contribution in [-0.4, -0.2) is 44.7 Å². The Balaban J connectivity index is 1.81. The first kappa shape index (κ1) is 21.5. The van der Waals surface area contributed by atoms with Gasteiger partial charge in [0.15, 0.2) is 0 Å². The zero-order valence-electron chi connectivity index (χ0n) is 18.3. The smallest absolute Gasteiger partial charge is 0.227 e. The van der Waals surface area contributed by atoms with E-state index in [0.717, 1.165) is 61.5 Å². The third-order valence-corrected chi connectivity index (χ3v) is 5.76. The van der Waals surface area contributed by atoms with E-state index in [1.54, 1.807) is 6.20 Å². The first-order valence-corrected chi connectivity index (χ1v) is 10.9. The van der Waals surface area contributed by atoms with Crippen LogP contribution in [0.3, 0.4) is 0 Å². The summed E-state index contributed by atoms with van der Waals surface area (Å²) in [5.41, 5.74) is 4.11. The number of rotatable bonds is 7. The normalized spacial score (nSPS) is 17.3. The second-order valence-corrected chi connectivity index (χ2v) is 8.58. The van der Waals surface area contributed by atoms with E-state index in [9.17, 15) is 4.79 Å². The largest absolute Gasteiger partial charge is 0.333 e. The molecule has 0 aliphatic carbocycles. The number of nitrogens with zero attached hydrogens (tertiary/aromatic N) is 4. The predicted octanol–water partition coefficient (Wildman–Crippen LogP) is 3.26. The number of pyridine rings is 1. The van der Waals surface area contributed by atoms with Crippen LogP contribution in [0.15, 0.2) is 24.4 Å². The molecule has 0 aromatic carbocycles. The van der Waals surface area contributed by atoms with E-state index in [1.807, 2.05) is 25.1 Å². The number of carbonyl (C=O) groups excluding carboxylic acids is 1. The van der Waals surface area contributed by atoms with Crippen LogP contribution < -0.4 is 5.32 Å². The lowest BCUT2D eigenvalue weighted by Crippen LogP contribution is -2.41. The molecule has 1 amide bonds. The molecule has 158 valence electrons. The molecule has 3 heterocycles. The molecular formula is C23H35N5O. The van der Waals surface area contributed by atoms with Gasteiger partial charge in [-0.2, -0.15) is 5.10 Å². The number of amides is 1. The lowest BCUT2D eigenvalue weighted by atomic mass is 10.0. The van der Waals surface area contributed by atoms with Crippen LogP contribution in [0.2, 0.25) is 0 Å². The molecule has 2 aromatic heterocycles. The van der Waals surface area contributed by atoms with Gasteiger partial charge in [0.05, 0.1) is 24.4 Å². The maximum absolute atomic E-state index is 13.5. The van der Waals surface area contributed by atoms with Crippen LogP contribution >= 0.6 is 0 Å². The van der Waals surface area contributed by atoms with Gasteiger partial charge in [0.2, 0.25) is 5.91 Å². The topological polar surface area (TPSA) is 63.1 Å². The molecule has 6 heteroatoms. The summed E-state index contributed by atoms with van der Waals surface area (Å²) in [6.07, 6.45) is 5.34. The van der Waals surface area contributed by atoms with Gasteiger partial charge in [-0.25, -0.2) is 0 Å². The monoisotopic (exact) mass is 397 g/mol. The van der Waals surface area contributed by atoms with Gasteiger partial charge in [0.1, 0.15) is 0 Å². The number of aromatic nitrogens is 3. The summed E-state index contributed by atoms with van der Waals surface area (Å²) < 4.78 is 2.06. The predicted molar refractivity (Wildman–Crippen MR) is 116 cm³/mol. The Kier molecular flexibility index (Phi) is 7.42. The minimum Gasteiger partial charge on any atom is -0.333 e. The molecule has 0 saturated carbocycles. The van der Waals surface area contributed by atoms with Crippen LogP contribution in [0.1, 0.15) is 55.8 Å². The summed E-state index contributed by atoms with van der Waals surface area (Å²) in [6.45, 7) is 11.9. The van der Waals surface area contributed by atoms with Crippen LogP contribution in [0.25, 0.3) is 0 Å². The van der Waals surface area contributed by atoms with Gasteiger partial charge in [-0.15, -0.1) is 0 Å². The molecule has 1 atom stereocenters. The van der Waals surface area contributed by atoms with Crippen molar-refractivity contribution in [3.05, 3.63) is 47.0 Å². The van der Waals surface area contributed by atoms with Gasteiger partial charge >= 0.3 is 0 Å². The van der Waals surface area contributed by atoms with Crippen molar-refractivity contribution in [3.8, 4) is 0 Å². The Bertz CT molecular complexity index is 791. The van der Waals surface area contributed by atoms with Crippen LogP contribution in [-0.2, 0) is 24.3 Å². The first-order valence-electron chi connectivity index (χ1n) is 10.9. The third kappa shape index (κ3) is 5.66. The Morgan fingerprint density at radius 3 is 2.83 bits per heavy atom. The van der Waals surface area contributed by atoms with Crippen LogP contribution in [0, 0.1) is 19.8 Å². The highest BCUT2D eigenvalue weighted by Crippen LogP contribution is 2.21. The van der Waals surface area contributed by atoms with Crippen LogP contribution in [0.5, 0.6) is 0 Å². The highest BCUT2D eigenvalue weighted by Gasteiger charge is 2.27. The molecule has 1 saturated heterocycles. The van der Waals surface area contributed by atoms with E-state index in [1.165, 1.54) is 0 Å². The van der Waals surface area contributed by atoms with Crippen molar-refractivity contribution in [2.45, 2.75) is 72.5 Å². The number of hydrogen-bond acceptors (Lipinski definition) is 4. The van der Waals surface area contributed by atoms with Gasteiger partial charge < -0.3 is 10.2 Å². The summed E-state index contributed by atoms with van der Waals surface area (Å²) >= 11 is 0. The minimum absolute atomic E-state index is 0.179. The fraction of sp³-hybridized carbons (Fsp3) is 0.609. The summed E-state index contributed by atoms with van der Waals surface area (Å²) in [5, 5.41) is 8.16. The average Bonchev–Trinajstić information content (AvgIpc) is 2.88. The minimum atomic E-state index is 0.179. The third-order valence-electron chi connectivity index (χ3n) is 5.76. The molecular weight excluding hydrogens is 362 g/mol. The highest BCUT2D eigenvalue weighted by atomic mass is 16.2. The van der Waals surface area contributed by atoms with Crippen LogP contribution in [0.4, 0.5) is 0 Å². The van der Waals surface area contributed by atoms with E-state index in [0.29, 0.717) is 18.9 Å². The van der Waals surface area contributed by atoms with E-state index >= 15 is 0 Å². The van der Waals surface area contributed by atoms with Crippen molar-refractivity contribution in [1.29, 1.82) is 0 Å². The Morgan fingerprint density at radius 1 is 1.28 bits per heavy atom. The SMILES string of the molecule is Cc1nn(CC(C)C)c(C)c1CC(=O)N(Cc1ccccn1)C1CCCNCC1. The number of nitrogens with one attached hydrogen (secondary N) is 1. The molecule has 0 radical (unpaired) electrons. The second kappa shape index (κ2) is 10.0. The standard InChI is InChI=1S/C23H35N5O/c1-17(2)15-28-19(4)22(18(3)26-28)14-23(29)27(16-20-8-5-6-12-25-20)21-9-7-11-24-13-10-21/h5-6,8,12,17,21,24H,7,9-11,13-16H2,1-4H3. The second-order valence-electron chi connectivity index (χ2n) is 8.58. The number of aryl methyl sites for hydroxylation is 1. The summed E-state index contributed by atoms with van der Waals surface area (Å²) in [7, 11) is 0. The molecule has 3 rings (SSSR count). The van der Waals surface area contributed by atoms with Gasteiger partial charge in [-0.05, 0) is 64.3 Å². The Morgan fingerprint density at radius 2 is 2.10 bits per heavy atom. The van der Waals surface area contributed by atoms with Crippen molar-refractivity contribution < 1.29 is 4.79 Å². The highest BCUT2D eigenvalue weighted by molar-refractivity contribution is 5.79. The lowest BCUT2D eigenvalue weighted by molar-refractivity contribution is -0.133. The van der Waals surface area contributed by atoms with Gasteiger partial charge in [0.25, 0.3) is 0 Å². The molecule has 1 N–H and O–H groups in total. The van der Waals surface area contributed by atoms with Crippen molar-refractivity contribution in [1.82, 2.24) is 25.0 Å². The fourth-order valence-electron chi connectivity index (χ4n) is 4.17. The van der Waals surface area contributed by atoms with Crippen molar-refractivity contribution >= 4 is 5.91 Å². The van der Waals surface area contributed by atoms with E-state index in [4.69, 9.17) is 5.10 Å². The first-order chi connectivity index (χ1) is 14.0. The summed E-state index contributed by atoms with van der Waals surface area (Å²) in [5.74, 6) is 0.702. The zero-order valence-corrected chi connectivity index (χ0v) is 18.3. The molecule has 6 nitrogen and oxygen atoms in total. The fourth-order valence-corrected chi connectivity index (χ4v) is 4.17. The molecule has 1 aliphatic heterocycles. The lowest BCUT2D eigenvalue weighted by Gasteiger charge is -2.31. The molecule has 1 fully saturated rings. The molecule has 1 unspecified atom stereocenters. The maximum atomic E-state index is 13.5. The van der Waals surface area contributed by atoms with Crippen molar-refractivity contribution in [2.24, 2.45) is 5.92 Å². The van der Waals surface area contributed by atoms with Gasteiger partial charge in [-0.1, -0.05) is 19.9 Å². The quantitative estimate of drug-likeness (QED) is 0.779. The van der Waals surface area contributed by atoms with E-state index in [-0.39, 0.29) is 11.9 Å². The molecule has 1 aliphatic rings. The number of carbonyl (C=O) groups is 1. The molecule has 2 aromatic rings. The summed E-state index contributed by atoms with van der Waals surface area (Å²) in [6, 6.07) is 6.17. The Labute approximate surface area is 174 Å². The maximum Gasteiger partial charge on any atom is 0.227 e. The van der Waals surface area contributed by atoms with Crippen molar-refractivity contribution in [3.63, 3.8) is 0 Å². The molecule has 0 bridgehead atoms. The molecule has 0 spiro atoms. The average molecular weight is 398 g/mol. The zero-order chi connectivity index (χ0) is 20.8. The van der Waals surface area contributed by atoms with Crippen molar-refractivity contribution in [2.75, 3.05) is 13.1 Å². The summed E-state index contributed by atoms with van der Waals surface area (Å²) in [4.78, 5) is 20.0.